The third-order valence-corrected chi connectivity index (χ3v) is 3.95. The normalized spacial score (nSPS) is 15.7. The molecule has 8 nitrogen and oxygen atoms in total. The second kappa shape index (κ2) is 8.52. The number of amides is 2. The van der Waals surface area contributed by atoms with Crippen molar-refractivity contribution < 1.29 is 33.8 Å². The van der Waals surface area contributed by atoms with E-state index < -0.39 is 36.2 Å². The molecular weight excluding hydrogens is 362 g/mol. The Bertz CT molecular complexity index is 772. The highest BCUT2D eigenvalue weighted by Gasteiger charge is 2.36. The molecule has 2 amide bonds. The molecule has 0 radical (unpaired) electrons. The zero-order valence-electron chi connectivity index (χ0n) is 14.1. The largest absolute Gasteiger partial charge is 0.546 e. The first-order valence-corrected chi connectivity index (χ1v) is 8.45. The number of carboxylic acids is 1. The second-order valence-corrected chi connectivity index (χ2v) is 6.53. The van der Waals surface area contributed by atoms with Crippen molar-refractivity contribution in [1.82, 2.24) is 4.90 Å². The van der Waals surface area contributed by atoms with Crippen LogP contribution in [0.3, 0.4) is 0 Å². The fourth-order valence-electron chi connectivity index (χ4n) is 2.05. The minimum absolute atomic E-state index is 0.143. The van der Waals surface area contributed by atoms with E-state index in [1.807, 2.05) is 0 Å². The lowest BCUT2D eigenvalue weighted by molar-refractivity contribution is -0.307. The smallest absolute Gasteiger partial charge is 0.326 e. The molecule has 0 unspecified atom stereocenters. The van der Waals surface area contributed by atoms with Gasteiger partial charge in [0.1, 0.15) is 18.9 Å². The number of hydrogen-bond acceptors (Lipinski definition) is 8. The highest BCUT2D eigenvalue weighted by Crippen LogP contribution is 2.32. The number of benzene rings is 1. The zero-order chi connectivity index (χ0) is 19.3. The first-order chi connectivity index (χ1) is 12.3. The summed E-state index contributed by atoms with van der Waals surface area (Å²) in [5, 5.41) is 9.87. The van der Waals surface area contributed by atoms with E-state index in [1.54, 1.807) is 32.0 Å². The van der Waals surface area contributed by atoms with Crippen molar-refractivity contribution in [3.63, 3.8) is 0 Å². The monoisotopic (exact) mass is 378 g/mol. The highest BCUT2D eigenvalue weighted by atomic mass is 32.2. The van der Waals surface area contributed by atoms with Gasteiger partial charge >= 0.3 is 5.97 Å². The number of hydrogen-bond donors (Lipinski definition) is 0. The topological polar surface area (TPSA) is 113 Å². The Labute approximate surface area is 153 Å². The quantitative estimate of drug-likeness (QED) is 0.506. The summed E-state index contributed by atoms with van der Waals surface area (Å²) in [6, 6.07) is 6.34. The van der Waals surface area contributed by atoms with Gasteiger partial charge in [-0.3, -0.25) is 19.3 Å². The van der Waals surface area contributed by atoms with Gasteiger partial charge in [0.15, 0.2) is 0 Å². The van der Waals surface area contributed by atoms with Gasteiger partial charge in [-0.25, -0.2) is 0 Å². The van der Waals surface area contributed by atoms with E-state index in [-0.39, 0.29) is 16.8 Å². The van der Waals surface area contributed by atoms with Crippen LogP contribution in [0.25, 0.3) is 6.08 Å². The SMILES string of the molecule is CC(C)OC(=O)CN1C(=O)S/C(=C/c2cccc(OCC(=O)[O-])c2)C1=O. The van der Waals surface area contributed by atoms with Crippen molar-refractivity contribution in [2.75, 3.05) is 13.2 Å². The third-order valence-electron chi connectivity index (χ3n) is 3.04. The molecular formula is C17H16NO7S-. The Balaban J connectivity index is 2.10. The highest BCUT2D eigenvalue weighted by molar-refractivity contribution is 8.18. The van der Waals surface area contributed by atoms with E-state index in [2.05, 4.69) is 0 Å². The van der Waals surface area contributed by atoms with E-state index in [9.17, 15) is 24.3 Å². The Morgan fingerprint density at radius 2 is 2.04 bits per heavy atom. The lowest BCUT2D eigenvalue weighted by Crippen LogP contribution is -2.35. The van der Waals surface area contributed by atoms with Gasteiger partial charge in [-0.15, -0.1) is 0 Å². The van der Waals surface area contributed by atoms with E-state index in [0.29, 0.717) is 17.3 Å². The number of carbonyl (C=O) groups excluding carboxylic acids is 4. The van der Waals surface area contributed by atoms with Crippen LogP contribution in [0.5, 0.6) is 5.75 Å². The van der Waals surface area contributed by atoms with E-state index >= 15 is 0 Å². The van der Waals surface area contributed by atoms with Crippen molar-refractivity contribution in [3.8, 4) is 5.75 Å². The average molecular weight is 378 g/mol. The standard InChI is InChI=1S/C17H17NO7S/c1-10(2)25-15(21)8-18-16(22)13(26-17(18)23)7-11-4-3-5-12(6-11)24-9-14(19)20/h3-7,10H,8-9H2,1-2H3,(H,19,20)/p-1/b13-7+. The lowest BCUT2D eigenvalue weighted by Gasteiger charge is -2.13. The summed E-state index contributed by atoms with van der Waals surface area (Å²) in [5.41, 5.74) is 0.538. The number of aliphatic carboxylic acids is 1. The number of rotatable bonds is 7. The van der Waals surface area contributed by atoms with Crippen LogP contribution >= 0.6 is 11.8 Å². The Morgan fingerprint density at radius 3 is 2.69 bits per heavy atom. The number of esters is 1. The summed E-state index contributed by atoms with van der Waals surface area (Å²) < 4.78 is 9.95. The van der Waals surface area contributed by atoms with Crippen molar-refractivity contribution in [2.24, 2.45) is 0 Å². The number of carboxylic acid groups (broad SMARTS) is 1. The second-order valence-electron chi connectivity index (χ2n) is 5.54. The molecule has 0 aliphatic carbocycles. The Hall–Kier alpha value is -2.81. The number of carbonyl (C=O) groups is 4. The number of nitrogens with zero attached hydrogens (tertiary/aromatic N) is 1. The van der Waals surface area contributed by atoms with Crippen LogP contribution in [0.1, 0.15) is 19.4 Å². The minimum atomic E-state index is -1.36. The molecule has 1 aromatic rings. The molecule has 138 valence electrons. The fourth-order valence-corrected chi connectivity index (χ4v) is 2.89. The van der Waals surface area contributed by atoms with Gasteiger partial charge in [-0.05, 0) is 49.4 Å². The molecule has 0 atom stereocenters. The molecule has 26 heavy (non-hydrogen) atoms. The molecule has 1 saturated heterocycles. The zero-order valence-corrected chi connectivity index (χ0v) is 14.9. The molecule has 0 spiro atoms. The van der Waals surface area contributed by atoms with Crippen LogP contribution in [0.2, 0.25) is 0 Å². The molecule has 0 saturated carbocycles. The molecule has 2 rings (SSSR count). The van der Waals surface area contributed by atoms with Crippen molar-refractivity contribution in [3.05, 3.63) is 34.7 Å². The van der Waals surface area contributed by atoms with Crippen LogP contribution in [-0.4, -0.2) is 47.2 Å². The molecule has 0 aromatic heterocycles. The fraction of sp³-hybridized carbons (Fsp3) is 0.294. The minimum Gasteiger partial charge on any atom is -0.546 e. The Kier molecular flexibility index (Phi) is 6.40. The van der Waals surface area contributed by atoms with Gasteiger partial charge in [0.2, 0.25) is 0 Å². The molecule has 1 aliphatic rings. The summed E-state index contributed by atoms with van der Waals surface area (Å²) in [5.74, 6) is -2.34. The number of imide groups is 1. The maximum atomic E-state index is 12.3. The molecule has 1 fully saturated rings. The van der Waals surface area contributed by atoms with Gasteiger partial charge in [0.25, 0.3) is 11.1 Å². The molecule has 1 aliphatic heterocycles. The summed E-state index contributed by atoms with van der Waals surface area (Å²) in [4.78, 5) is 47.4. The summed E-state index contributed by atoms with van der Waals surface area (Å²) in [6.45, 7) is 2.29. The summed E-state index contributed by atoms with van der Waals surface area (Å²) in [7, 11) is 0. The molecule has 1 aromatic carbocycles. The number of ether oxygens (including phenoxy) is 2. The first-order valence-electron chi connectivity index (χ1n) is 7.64. The average Bonchev–Trinajstić information content (AvgIpc) is 2.80. The Morgan fingerprint density at radius 1 is 1.31 bits per heavy atom. The maximum absolute atomic E-state index is 12.3. The lowest BCUT2D eigenvalue weighted by atomic mass is 10.2. The van der Waals surface area contributed by atoms with Crippen LogP contribution in [0.15, 0.2) is 29.2 Å². The van der Waals surface area contributed by atoms with Crippen molar-refractivity contribution in [1.29, 1.82) is 0 Å². The van der Waals surface area contributed by atoms with E-state index in [0.717, 1.165) is 4.90 Å². The van der Waals surface area contributed by atoms with Crippen LogP contribution in [0.4, 0.5) is 4.79 Å². The molecule has 0 bridgehead atoms. The maximum Gasteiger partial charge on any atom is 0.326 e. The van der Waals surface area contributed by atoms with Crippen molar-refractivity contribution >= 4 is 40.9 Å². The first kappa shape index (κ1) is 19.5. The molecule has 1 heterocycles. The van der Waals surface area contributed by atoms with Gasteiger partial charge in [-0.2, -0.15) is 0 Å². The number of thioether (sulfide) groups is 1. The van der Waals surface area contributed by atoms with Crippen molar-refractivity contribution in [2.45, 2.75) is 20.0 Å². The predicted octanol–water partition coefficient (Wildman–Crippen LogP) is 0.803. The van der Waals surface area contributed by atoms with Crippen LogP contribution in [-0.2, 0) is 19.1 Å². The van der Waals surface area contributed by atoms with Crippen LogP contribution < -0.4 is 9.84 Å². The van der Waals surface area contributed by atoms with Gasteiger partial charge < -0.3 is 19.4 Å². The van der Waals surface area contributed by atoms with Gasteiger partial charge in [0, 0.05) is 0 Å². The van der Waals surface area contributed by atoms with Gasteiger partial charge in [-0.1, -0.05) is 12.1 Å². The summed E-state index contributed by atoms with van der Waals surface area (Å²) >= 11 is 0.707. The summed E-state index contributed by atoms with van der Waals surface area (Å²) in [6.07, 6.45) is 1.12. The predicted molar refractivity (Wildman–Crippen MR) is 90.8 cm³/mol. The molecule has 9 heteroatoms. The van der Waals surface area contributed by atoms with E-state index in [1.165, 1.54) is 12.1 Å². The van der Waals surface area contributed by atoms with E-state index in [4.69, 9.17) is 9.47 Å². The molecule has 0 N–H and O–H groups in total. The van der Waals surface area contributed by atoms with Crippen LogP contribution in [0, 0.1) is 0 Å². The third kappa shape index (κ3) is 5.35. The van der Waals surface area contributed by atoms with Gasteiger partial charge in [0.05, 0.1) is 17.0 Å².